The Morgan fingerprint density at radius 2 is 1.85 bits per heavy atom. The van der Waals surface area contributed by atoms with Crippen molar-refractivity contribution in [1.29, 1.82) is 0 Å². The fraction of sp³-hybridized carbons (Fsp3) is 0.176. The topological polar surface area (TPSA) is 116 Å². The van der Waals surface area contributed by atoms with Gasteiger partial charge in [-0.2, -0.15) is 0 Å². The van der Waals surface area contributed by atoms with E-state index in [2.05, 4.69) is 5.32 Å². The zero-order chi connectivity index (χ0) is 19.5. The van der Waals surface area contributed by atoms with Crippen LogP contribution in [0, 0.1) is 13.8 Å². The number of carbonyl (C=O) groups excluding carboxylic acids is 2. The highest BCUT2D eigenvalue weighted by Crippen LogP contribution is 2.21. The molecular formula is C17H17ClN2O5S. The van der Waals surface area contributed by atoms with E-state index in [1.54, 1.807) is 6.07 Å². The van der Waals surface area contributed by atoms with Gasteiger partial charge in [0.2, 0.25) is 10.0 Å². The van der Waals surface area contributed by atoms with E-state index in [4.69, 9.17) is 21.5 Å². The van der Waals surface area contributed by atoms with Gasteiger partial charge in [0.25, 0.3) is 5.91 Å². The molecule has 0 unspecified atom stereocenters. The predicted molar refractivity (Wildman–Crippen MR) is 97.7 cm³/mol. The number of primary sulfonamides is 1. The summed E-state index contributed by atoms with van der Waals surface area (Å²) in [4.78, 5) is 23.8. The zero-order valence-electron chi connectivity index (χ0n) is 14.1. The molecule has 0 aromatic heterocycles. The number of halogens is 1. The monoisotopic (exact) mass is 396 g/mol. The number of hydrogen-bond acceptors (Lipinski definition) is 5. The van der Waals surface area contributed by atoms with Gasteiger partial charge in [0.05, 0.1) is 15.5 Å². The van der Waals surface area contributed by atoms with Crippen LogP contribution in [0.2, 0.25) is 5.02 Å². The molecule has 9 heteroatoms. The van der Waals surface area contributed by atoms with E-state index in [9.17, 15) is 18.0 Å². The molecule has 138 valence electrons. The third-order valence-corrected chi connectivity index (χ3v) is 4.73. The summed E-state index contributed by atoms with van der Waals surface area (Å²) in [5.74, 6) is -1.47. The van der Waals surface area contributed by atoms with Gasteiger partial charge in [-0.15, -0.1) is 0 Å². The Kier molecular flexibility index (Phi) is 6.01. The van der Waals surface area contributed by atoms with Gasteiger partial charge in [0.15, 0.2) is 6.61 Å². The van der Waals surface area contributed by atoms with Crippen LogP contribution in [0.4, 0.5) is 5.69 Å². The number of rotatable bonds is 5. The number of ether oxygens (including phenoxy) is 1. The summed E-state index contributed by atoms with van der Waals surface area (Å²) in [6, 6.07) is 8.95. The van der Waals surface area contributed by atoms with E-state index >= 15 is 0 Å². The Hall–Kier alpha value is -2.42. The van der Waals surface area contributed by atoms with Crippen molar-refractivity contribution >= 4 is 39.2 Å². The summed E-state index contributed by atoms with van der Waals surface area (Å²) in [6.45, 7) is 3.16. The van der Waals surface area contributed by atoms with E-state index in [1.165, 1.54) is 12.1 Å². The second-order valence-electron chi connectivity index (χ2n) is 5.63. The first-order chi connectivity index (χ1) is 12.1. The molecule has 0 atom stereocenters. The van der Waals surface area contributed by atoms with Gasteiger partial charge in [0, 0.05) is 5.69 Å². The van der Waals surface area contributed by atoms with E-state index < -0.39 is 28.5 Å². The van der Waals surface area contributed by atoms with E-state index in [-0.39, 0.29) is 15.5 Å². The third kappa shape index (κ3) is 5.04. The van der Waals surface area contributed by atoms with Crippen LogP contribution in [0.25, 0.3) is 0 Å². The van der Waals surface area contributed by atoms with Crippen LogP contribution >= 0.6 is 11.6 Å². The standard InChI is InChI=1S/C17H17ClN2O5S/c1-10-3-4-11(2)15(7-10)20-16(21)9-25-17(22)13-8-12(26(19,23)24)5-6-14(13)18/h3-8H,9H2,1-2H3,(H,20,21)(H2,19,23,24). The molecule has 0 aliphatic carbocycles. The van der Waals surface area contributed by atoms with Gasteiger partial charge in [-0.3, -0.25) is 4.79 Å². The summed E-state index contributed by atoms with van der Waals surface area (Å²) in [5, 5.41) is 7.65. The Bertz CT molecular complexity index is 973. The van der Waals surface area contributed by atoms with Crippen molar-refractivity contribution in [2.24, 2.45) is 5.14 Å². The van der Waals surface area contributed by atoms with Crippen LogP contribution in [-0.4, -0.2) is 26.9 Å². The number of sulfonamides is 1. The van der Waals surface area contributed by atoms with Crippen molar-refractivity contribution in [3.8, 4) is 0 Å². The largest absolute Gasteiger partial charge is 0.452 e. The summed E-state index contributed by atoms with van der Waals surface area (Å²) < 4.78 is 27.6. The normalized spacial score (nSPS) is 11.1. The molecule has 0 saturated heterocycles. The SMILES string of the molecule is Cc1ccc(C)c(NC(=O)COC(=O)c2cc(S(N)(=O)=O)ccc2Cl)c1. The summed E-state index contributed by atoms with van der Waals surface area (Å²) in [7, 11) is -4.00. The minimum Gasteiger partial charge on any atom is -0.452 e. The molecular weight excluding hydrogens is 380 g/mol. The molecule has 0 bridgehead atoms. The molecule has 1 amide bonds. The molecule has 7 nitrogen and oxygen atoms in total. The van der Waals surface area contributed by atoms with Gasteiger partial charge in [-0.25, -0.2) is 18.4 Å². The van der Waals surface area contributed by atoms with Crippen molar-refractivity contribution in [3.05, 3.63) is 58.1 Å². The lowest BCUT2D eigenvalue weighted by Crippen LogP contribution is -2.22. The maximum atomic E-state index is 12.1. The molecule has 0 spiro atoms. The number of esters is 1. The fourth-order valence-electron chi connectivity index (χ4n) is 2.10. The summed E-state index contributed by atoms with van der Waals surface area (Å²) in [5.41, 5.74) is 2.24. The average Bonchev–Trinajstić information content (AvgIpc) is 2.55. The number of anilines is 1. The van der Waals surface area contributed by atoms with Crippen LogP contribution in [0.15, 0.2) is 41.3 Å². The van der Waals surface area contributed by atoms with Crippen molar-refractivity contribution < 1.29 is 22.7 Å². The lowest BCUT2D eigenvalue weighted by atomic mass is 10.1. The highest BCUT2D eigenvalue weighted by molar-refractivity contribution is 7.89. The minimum atomic E-state index is -4.00. The second kappa shape index (κ2) is 7.86. The Morgan fingerprint density at radius 1 is 1.15 bits per heavy atom. The number of amides is 1. The molecule has 0 aliphatic rings. The lowest BCUT2D eigenvalue weighted by Gasteiger charge is -2.10. The molecule has 2 rings (SSSR count). The number of aryl methyl sites for hydroxylation is 2. The van der Waals surface area contributed by atoms with Crippen LogP contribution in [-0.2, 0) is 19.6 Å². The fourth-order valence-corrected chi connectivity index (χ4v) is 2.84. The number of nitrogens with two attached hydrogens (primary N) is 1. The van der Waals surface area contributed by atoms with E-state index in [0.29, 0.717) is 5.69 Å². The highest BCUT2D eigenvalue weighted by atomic mass is 35.5. The maximum Gasteiger partial charge on any atom is 0.340 e. The first-order valence-corrected chi connectivity index (χ1v) is 9.37. The lowest BCUT2D eigenvalue weighted by molar-refractivity contribution is -0.119. The Morgan fingerprint density at radius 3 is 2.50 bits per heavy atom. The number of nitrogens with one attached hydrogen (secondary N) is 1. The van der Waals surface area contributed by atoms with Crippen LogP contribution < -0.4 is 10.5 Å². The smallest absolute Gasteiger partial charge is 0.340 e. The first kappa shape index (κ1) is 19.9. The van der Waals surface area contributed by atoms with Crippen LogP contribution in [0.3, 0.4) is 0 Å². The van der Waals surface area contributed by atoms with Crippen molar-refractivity contribution in [3.63, 3.8) is 0 Å². The van der Waals surface area contributed by atoms with Crippen molar-refractivity contribution in [2.75, 3.05) is 11.9 Å². The Labute approximate surface area is 156 Å². The Balaban J connectivity index is 2.06. The number of carbonyl (C=O) groups is 2. The summed E-state index contributed by atoms with van der Waals surface area (Å²) in [6.07, 6.45) is 0. The maximum absolute atomic E-state index is 12.1. The third-order valence-electron chi connectivity index (χ3n) is 3.49. The molecule has 0 saturated carbocycles. The molecule has 3 N–H and O–H groups in total. The number of hydrogen-bond donors (Lipinski definition) is 2. The molecule has 26 heavy (non-hydrogen) atoms. The predicted octanol–water partition coefficient (Wildman–Crippen LogP) is 2.40. The zero-order valence-corrected chi connectivity index (χ0v) is 15.6. The van der Waals surface area contributed by atoms with Gasteiger partial charge in [0.1, 0.15) is 0 Å². The molecule has 0 radical (unpaired) electrons. The molecule has 2 aromatic rings. The van der Waals surface area contributed by atoms with E-state index in [0.717, 1.165) is 17.2 Å². The van der Waals surface area contributed by atoms with Crippen LogP contribution in [0.1, 0.15) is 21.5 Å². The first-order valence-electron chi connectivity index (χ1n) is 7.44. The van der Waals surface area contributed by atoms with Gasteiger partial charge < -0.3 is 10.1 Å². The number of benzene rings is 2. The van der Waals surface area contributed by atoms with Crippen LogP contribution in [0.5, 0.6) is 0 Å². The molecule has 2 aromatic carbocycles. The van der Waals surface area contributed by atoms with Gasteiger partial charge >= 0.3 is 5.97 Å². The minimum absolute atomic E-state index is 0.0164. The summed E-state index contributed by atoms with van der Waals surface area (Å²) >= 11 is 5.89. The quantitative estimate of drug-likeness (QED) is 0.753. The molecule has 0 aliphatic heterocycles. The van der Waals surface area contributed by atoms with Crippen molar-refractivity contribution in [1.82, 2.24) is 0 Å². The molecule has 0 fully saturated rings. The average molecular weight is 397 g/mol. The van der Waals surface area contributed by atoms with Gasteiger partial charge in [-0.1, -0.05) is 23.7 Å². The highest BCUT2D eigenvalue weighted by Gasteiger charge is 2.18. The van der Waals surface area contributed by atoms with Crippen molar-refractivity contribution in [2.45, 2.75) is 18.7 Å². The van der Waals surface area contributed by atoms with Gasteiger partial charge in [-0.05, 0) is 49.2 Å². The second-order valence-corrected chi connectivity index (χ2v) is 7.60. The van der Waals surface area contributed by atoms with E-state index in [1.807, 2.05) is 26.0 Å². The molecule has 0 heterocycles.